The van der Waals surface area contributed by atoms with Gasteiger partial charge in [-0.05, 0) is 126 Å². The van der Waals surface area contributed by atoms with Gasteiger partial charge in [0.1, 0.15) is 72.7 Å². The molecule has 4 unspecified atom stereocenters. The van der Waals surface area contributed by atoms with Gasteiger partial charge in [-0.2, -0.15) is 18.6 Å². The zero-order chi connectivity index (χ0) is 107. The standard InChI is InChI=1S/2C40H51N10O19P3S2/c1-4-48-11-5-7-21-13-24-28(15-26(21)48)65-29-16-27-23(14-25(29)45-24)22(19-74(61,62)63)17-40(2,3)50(27)12-6-8-31(51)42-9-10-43-39(54)67-34-30(18-64-70(55,56)68-71(57,58)69-72(59,60)73)66-37(33(34)52)49-20-44-32-35(49)46-38(41)47-36(32)53;1-4-48-11-5-7-21-13-24-28(15-26(21)48)65-29-16-27-23(14-25(29)45-24)22(19-74(61,62)63)17-40(2,3)50(27)12-6-8-31(51)42-9-10-43-39(54)67-34-33(52)30(18-64-70(55,56)68-71(57,58)69-72(59,60)73)66-37(34)49-20-44-32-35(49)46-38(41)47-36(32)53/h2*13-17,20,30,33-34,37,52H,4-12,18-19H2,1-3H3,(H9-,41,42,43,46,47,51,53,54,55,56,57,58,59,60,61,62,63,73)/t2*30-,33-,34-,37-/m11/s1. The lowest BCUT2D eigenvalue weighted by molar-refractivity contribution is -0.121. The van der Waals surface area contributed by atoms with Gasteiger partial charge in [0.15, 0.2) is 70.0 Å². The number of anilines is 4. The molecule has 68 heteroatoms. The summed E-state index contributed by atoms with van der Waals surface area (Å²) in [7, 11) is -32.1. The van der Waals surface area contributed by atoms with Crippen LogP contribution in [0.5, 0.6) is 23.0 Å². The summed E-state index contributed by atoms with van der Waals surface area (Å²) < 4.78 is 189. The fourth-order valence-electron chi connectivity index (χ4n) is 18.2. The number of rotatable bonds is 38. The molecule has 58 nitrogen and oxygen atoms in total. The van der Waals surface area contributed by atoms with Crippen LogP contribution in [-0.4, -0.2) is 276 Å². The zero-order valence-electron chi connectivity index (χ0n) is 78.8. The van der Waals surface area contributed by atoms with Gasteiger partial charge in [-0.3, -0.25) is 47.3 Å². The number of H-pyrrole nitrogens is 2. The lowest BCUT2D eigenvalue weighted by Crippen LogP contribution is -2.46. The van der Waals surface area contributed by atoms with Crippen molar-refractivity contribution in [3.63, 3.8) is 0 Å². The summed E-state index contributed by atoms with van der Waals surface area (Å²) in [6.45, 7) is 2.98. The van der Waals surface area contributed by atoms with Crippen molar-refractivity contribution < 1.29 is 167 Å². The van der Waals surface area contributed by atoms with Crippen molar-refractivity contribution >= 4 is 181 Å². The van der Waals surface area contributed by atoms with E-state index in [2.05, 4.69) is 120 Å². The molecule has 2 fully saturated rings. The summed E-state index contributed by atoms with van der Waals surface area (Å²) in [6.07, 6.45) is -6.35. The molecule has 4 aromatic heterocycles. The second-order valence-electron chi connectivity index (χ2n) is 35.7. The molecular weight excluding hydrogens is 2160 g/mol. The molecule has 0 bridgehead atoms. The maximum Gasteiger partial charge on any atom is 0.488 e. The fourth-order valence-corrected chi connectivity index (χ4v) is 27.0. The Balaban J connectivity index is 0.000000222. The number of imidazole rings is 2. The van der Waals surface area contributed by atoms with E-state index in [-0.39, 0.29) is 86.2 Å². The van der Waals surface area contributed by atoms with E-state index < -0.39 is 185 Å². The van der Waals surface area contributed by atoms with Gasteiger partial charge in [0, 0.05) is 111 Å². The topological polar surface area (TPSA) is 829 Å². The predicted molar refractivity (Wildman–Crippen MR) is 524 cm³/mol. The van der Waals surface area contributed by atoms with Crippen molar-refractivity contribution in [1.29, 1.82) is 0 Å². The first-order valence-electron chi connectivity index (χ1n) is 45.1. The minimum atomic E-state index is -5.72. The number of fused-ring (bicyclic) bond motifs is 10. The zero-order valence-corrected chi connectivity index (χ0v) is 87.5. The smallest absolute Gasteiger partial charge is 0.488 e. The third-order valence-electron chi connectivity index (χ3n) is 24.2. The Morgan fingerprint density at radius 2 is 0.946 bits per heavy atom. The molecule has 0 saturated carbocycles. The number of nitrogen functional groups attached to an aromatic ring is 2. The number of benzene rings is 4. The number of ether oxygens (including phenoxy) is 6. The van der Waals surface area contributed by atoms with Gasteiger partial charge >= 0.3 is 56.9 Å². The van der Waals surface area contributed by atoms with E-state index in [1.54, 1.807) is 36.4 Å². The highest BCUT2D eigenvalue weighted by Gasteiger charge is 2.53. The SMILES string of the molecule is CC[N+]1=c2cc3c(cc2CCC1)=Nc1cc2c(cc1O3)N(CCCC(=O)NCCNC(=O)O[C@@H]1[C@H](O)[C@@H](COP(=O)(O)OP(=O)(O)OP(O)(O)=S)O[C@H]1n1cnc3c(=O)[nH]c(N)nc31)C(C)(C)C=C2CS(=O)(=O)[O-].CC[N+]1=c2cc3c(cc2CCC1)=Nc1cc2c(cc1O3)N(CCCC(=O)NCCNC(=O)O[C@H]1[C@@H](O)[C@H](n3cnc4c(=O)[nH]c(N)nc43)O[C@@H]1COP(=O)(O)OP(=O)(O)OP(O)(O)=S)C(C)(C)C=C2CS(=O)(=O)[O-]. The first-order valence-corrected chi connectivity index (χ1v) is 59.5. The van der Waals surface area contributed by atoms with E-state index in [9.17, 15) is 122 Å². The quantitative estimate of drug-likeness (QED) is 0.0107. The number of aromatic amines is 2. The number of nitrogens with zero attached hydrogens (tertiary/aromatic N) is 12. The first-order chi connectivity index (χ1) is 69.2. The molecule has 0 aliphatic carbocycles. The predicted octanol–water partition coefficient (Wildman–Crippen LogP) is 0.305. The van der Waals surface area contributed by atoms with E-state index in [4.69, 9.17) is 54.4 Å². The summed E-state index contributed by atoms with van der Waals surface area (Å²) in [5, 5.41) is 36.2. The number of nitrogens with two attached hydrogens (primary N) is 2. The van der Waals surface area contributed by atoms with Gasteiger partial charge in [0.05, 0.1) is 80.8 Å². The lowest BCUT2D eigenvalue weighted by atomic mass is 9.88. The Hall–Kier alpha value is -10.1. The molecule has 0 spiro atoms. The molecule has 148 heavy (non-hydrogen) atoms. The average molecular weight is 2270 g/mol. The summed E-state index contributed by atoms with van der Waals surface area (Å²) in [5.74, 6) is -1.02. The Kier molecular flexibility index (Phi) is 33.2. The number of hydrogen-bond acceptors (Lipinski definition) is 42. The van der Waals surface area contributed by atoms with Gasteiger partial charge in [-0.1, -0.05) is 12.2 Å². The largest absolute Gasteiger partial charge is 0.748 e. The number of phosphoric ester groups is 2. The molecule has 804 valence electrons. The molecule has 8 aliphatic heterocycles. The van der Waals surface area contributed by atoms with E-state index >= 15 is 0 Å². The molecular formula is C80H102N20O38P6S4. The van der Waals surface area contributed by atoms with Crippen molar-refractivity contribution in [2.45, 2.75) is 153 Å². The number of aliphatic hydroxyl groups is 2. The monoisotopic (exact) mass is 2260 g/mol. The molecule has 16 rings (SSSR count). The Morgan fingerprint density at radius 3 is 1.36 bits per heavy atom. The molecule has 12 atom stereocenters. The van der Waals surface area contributed by atoms with E-state index in [1.165, 1.54) is 0 Å². The Morgan fingerprint density at radius 1 is 0.547 bits per heavy atom. The molecule has 4 aromatic carbocycles. The van der Waals surface area contributed by atoms with Gasteiger partial charge in [-0.15, -0.1) is 0 Å². The van der Waals surface area contributed by atoms with E-state index in [0.29, 0.717) is 91.7 Å². The third-order valence-corrected chi connectivity index (χ3v) is 34.3. The van der Waals surface area contributed by atoms with Crippen molar-refractivity contribution in [2.24, 2.45) is 9.98 Å². The van der Waals surface area contributed by atoms with Gasteiger partial charge < -0.3 is 129 Å². The lowest BCUT2D eigenvalue weighted by Gasteiger charge is -2.44. The number of carbonyl (C=O) groups excluding carboxylic acids is 4. The summed E-state index contributed by atoms with van der Waals surface area (Å²) in [5.41, 5.74) is 13.3. The third kappa shape index (κ3) is 27.1. The number of aromatic nitrogens is 8. The van der Waals surface area contributed by atoms with Crippen LogP contribution >= 0.6 is 44.7 Å². The Labute approximate surface area is 847 Å². The molecule has 20 N–H and O–H groups in total. The van der Waals surface area contributed by atoms with Crippen LogP contribution < -0.4 is 93.7 Å². The molecule has 0 radical (unpaired) electrons. The van der Waals surface area contributed by atoms with Gasteiger partial charge in [0.2, 0.25) is 34.4 Å². The van der Waals surface area contributed by atoms with Crippen LogP contribution in [0.15, 0.2) is 92.9 Å². The number of phosphoric acid groups is 4. The fraction of sp³-hybridized carbons (Fsp3) is 0.475. The van der Waals surface area contributed by atoms with Crippen LogP contribution in [0.1, 0.15) is 115 Å². The van der Waals surface area contributed by atoms with Crippen LogP contribution in [0.4, 0.5) is 44.2 Å². The van der Waals surface area contributed by atoms with Crippen molar-refractivity contribution in [3.05, 3.63) is 138 Å². The highest BCUT2D eigenvalue weighted by Crippen LogP contribution is 2.68. The summed E-state index contributed by atoms with van der Waals surface area (Å²) >= 11 is 8.16. The summed E-state index contributed by atoms with van der Waals surface area (Å²) in [4.78, 5) is 188. The maximum absolute atomic E-state index is 13.2. The number of aliphatic hydroxyl groups excluding tert-OH is 2. The molecule has 8 aliphatic rings. The minimum absolute atomic E-state index is 0.00297. The van der Waals surface area contributed by atoms with Gasteiger partial charge in [-0.25, -0.2) is 82.4 Å². The summed E-state index contributed by atoms with van der Waals surface area (Å²) in [6, 6.07) is 15.0. The first kappa shape index (κ1) is 112. The van der Waals surface area contributed by atoms with Gasteiger partial charge in [0.25, 0.3) is 11.1 Å². The van der Waals surface area contributed by atoms with E-state index in [1.807, 2.05) is 61.8 Å². The van der Waals surface area contributed by atoms with Crippen molar-refractivity contribution in [2.75, 3.05) is 111 Å². The normalized spacial score (nSPS) is 21.7. The van der Waals surface area contributed by atoms with Crippen LogP contribution in [0, 0.1) is 0 Å². The molecule has 8 aromatic rings. The number of hydrogen-bond donors (Lipinski definition) is 18. The second kappa shape index (κ2) is 43.9. The molecule has 4 amide bonds. The maximum atomic E-state index is 13.2. The van der Waals surface area contributed by atoms with Crippen LogP contribution in [0.3, 0.4) is 0 Å². The van der Waals surface area contributed by atoms with Crippen molar-refractivity contribution in [1.82, 2.24) is 69.5 Å². The molecule has 12 heterocycles. The number of amides is 4. The molecule has 2 saturated heterocycles. The van der Waals surface area contributed by atoms with E-state index in [0.717, 1.165) is 95.5 Å². The average Bonchev–Trinajstić information content (AvgIpc) is 1.00. The number of nitrogens with one attached hydrogen (secondary N) is 6. The van der Waals surface area contributed by atoms with Crippen molar-refractivity contribution in [3.8, 4) is 23.0 Å². The highest BCUT2D eigenvalue weighted by atomic mass is 32.5. The number of aryl methyl sites for hydroxylation is 2. The van der Waals surface area contributed by atoms with Crippen LogP contribution in [-0.2, 0) is 130 Å². The van der Waals surface area contributed by atoms with Crippen LogP contribution in [0.2, 0.25) is 0 Å². The number of carbonyl (C=O) groups is 4. The minimum Gasteiger partial charge on any atom is -0.748 e. The highest BCUT2D eigenvalue weighted by molar-refractivity contribution is 8.08. The Bertz CT molecular complexity index is 7700. The van der Waals surface area contributed by atoms with Crippen LogP contribution in [0.25, 0.3) is 33.5 Å². The second-order valence-corrected chi connectivity index (χ2v) is 50.2. The number of alkyl carbamates (subject to hydrolysis) is 2.